The van der Waals surface area contributed by atoms with E-state index in [1.165, 1.54) is 4.91 Å². The third-order valence-corrected chi connectivity index (χ3v) is 35.6. The molecule has 0 aromatic rings. The fourth-order valence-corrected chi connectivity index (χ4v) is 71.8. The molecule has 0 aromatic carbocycles. The molecule has 0 heterocycles. The molecular formula is CH17PSi6. The van der Waals surface area contributed by atoms with Gasteiger partial charge in [-0.05, 0) is 36.6 Å². The van der Waals surface area contributed by atoms with Crippen LogP contribution in [0.4, 0.5) is 0 Å². The van der Waals surface area contributed by atoms with Crippen molar-refractivity contribution in [2.45, 2.75) is 4.91 Å². The van der Waals surface area contributed by atoms with E-state index in [0.717, 1.165) is 0 Å². The predicted octanol–water partition coefficient (Wildman–Crippen LogP) is -5.79. The maximum absolute atomic E-state index is 3.14. The van der Waals surface area contributed by atoms with Gasteiger partial charge in [-0.1, -0.05) is 4.91 Å². The summed E-state index contributed by atoms with van der Waals surface area (Å²) in [6.45, 7) is 0. The van der Waals surface area contributed by atoms with Crippen molar-refractivity contribution in [3.63, 3.8) is 0 Å². The highest BCUT2D eigenvalue weighted by Crippen LogP contribution is 1.91. The second-order valence-electron chi connectivity index (χ2n) is 2.34. The molecule has 0 fully saturated rings. The molecule has 0 amide bonds. The van der Waals surface area contributed by atoms with Crippen LogP contribution in [0.1, 0.15) is 0 Å². The van der Waals surface area contributed by atoms with Gasteiger partial charge in [-0.15, -0.1) is 9.24 Å². The molecule has 1 unspecified atom stereocenters. The van der Waals surface area contributed by atoms with Crippen LogP contribution in [0.25, 0.3) is 0 Å². The van der Waals surface area contributed by atoms with Gasteiger partial charge in [-0.2, -0.15) is 0 Å². The average Bonchev–Trinajstić information content (AvgIpc) is 1.68. The van der Waals surface area contributed by atoms with E-state index in [9.17, 15) is 0 Å². The van der Waals surface area contributed by atoms with E-state index < -0.39 is 0 Å². The summed E-state index contributed by atoms with van der Waals surface area (Å²) in [6, 6.07) is 0. The van der Waals surface area contributed by atoms with Crippen LogP contribution in [-0.2, 0) is 0 Å². The Balaban J connectivity index is 2.92. The fourth-order valence-electron chi connectivity index (χ4n) is 0.886. The van der Waals surface area contributed by atoms with Gasteiger partial charge in [0.25, 0.3) is 0 Å². The van der Waals surface area contributed by atoms with Gasteiger partial charge in [0.2, 0.25) is 0 Å². The van der Waals surface area contributed by atoms with Crippen molar-refractivity contribution in [2.75, 3.05) is 0 Å². The summed E-state index contributed by atoms with van der Waals surface area (Å²) in [7, 11) is 8.98. The van der Waals surface area contributed by atoms with Crippen molar-refractivity contribution in [1.29, 1.82) is 0 Å². The summed E-state index contributed by atoms with van der Waals surface area (Å²) >= 11 is 0. The highest BCUT2D eigenvalue weighted by molar-refractivity contribution is 7.43. The van der Waals surface area contributed by atoms with Crippen LogP contribution in [0.5, 0.6) is 0 Å². The quantitative estimate of drug-likeness (QED) is 0.332. The van der Waals surface area contributed by atoms with Gasteiger partial charge in [-0.3, -0.25) is 0 Å². The molecule has 0 aliphatic carbocycles. The standard InChI is InChI=1S/CH17PSi6/c2-1(5-7-3)6-8-4/h1H,2,5-8H2,3-4H3. The second kappa shape index (κ2) is 6.85. The SMILES string of the molecule is [SiH3][SiH2][SiH2]C(P)[SiH2][SiH2][SiH3]. The largest absolute Gasteiger partial charge is 0.142 e. The van der Waals surface area contributed by atoms with Crippen LogP contribution in [0.15, 0.2) is 0 Å². The summed E-state index contributed by atoms with van der Waals surface area (Å²) in [5.41, 5.74) is 0. The van der Waals surface area contributed by atoms with Gasteiger partial charge in [0, 0.05) is 18.1 Å². The first kappa shape index (κ1) is 9.73. The summed E-state index contributed by atoms with van der Waals surface area (Å²) in [4.78, 5) is 1.35. The molecule has 8 heavy (non-hydrogen) atoms. The van der Waals surface area contributed by atoms with Gasteiger partial charge < -0.3 is 0 Å². The number of hydrogen-bond donors (Lipinski definition) is 0. The van der Waals surface area contributed by atoms with Gasteiger partial charge in [0.05, 0.1) is 0 Å². The molecular weight excluding hydrogens is 212 g/mol. The van der Waals surface area contributed by atoms with Crippen LogP contribution in [0.3, 0.4) is 0 Å². The Bertz CT molecular complexity index is 41.8. The predicted molar refractivity (Wildman–Crippen MR) is 67.6 cm³/mol. The Morgan fingerprint density at radius 3 is 1.75 bits per heavy atom. The molecule has 0 rings (SSSR count). The third-order valence-electron chi connectivity index (χ3n) is 1.32. The lowest BCUT2D eigenvalue weighted by Crippen LogP contribution is -2.27. The van der Waals surface area contributed by atoms with Crippen LogP contribution in [-0.4, -0.2) is 59.6 Å². The van der Waals surface area contributed by atoms with Crippen LogP contribution >= 0.6 is 9.24 Å². The van der Waals surface area contributed by atoms with E-state index in [-0.39, 0.29) is 0 Å². The first-order valence-electron chi connectivity index (χ1n) is 3.56. The van der Waals surface area contributed by atoms with Crippen molar-refractivity contribution < 1.29 is 0 Å². The lowest BCUT2D eigenvalue weighted by molar-refractivity contribution is 1.96. The average molecular weight is 229 g/mol. The van der Waals surface area contributed by atoms with Crippen molar-refractivity contribution >= 4 is 63.9 Å². The zero-order valence-corrected chi connectivity index (χ0v) is 16.8. The molecule has 0 aromatic heterocycles. The Morgan fingerprint density at radius 1 is 1.12 bits per heavy atom. The van der Waals surface area contributed by atoms with Crippen molar-refractivity contribution in [3.8, 4) is 0 Å². The molecule has 0 saturated carbocycles. The molecule has 1 atom stereocenters. The fraction of sp³-hybridized carbons (Fsp3) is 1.00. The topological polar surface area (TPSA) is 0 Å². The molecule has 0 saturated heterocycles. The normalized spacial score (nSPS) is 20.6. The first-order valence-corrected chi connectivity index (χ1v) is 25.2. The Hall–Kier alpha value is 1.73. The van der Waals surface area contributed by atoms with Gasteiger partial charge in [0.15, 0.2) is 0 Å². The van der Waals surface area contributed by atoms with Crippen molar-refractivity contribution in [3.05, 3.63) is 0 Å². The smallest absolute Gasteiger partial charge is 0.00879 e. The van der Waals surface area contributed by atoms with Crippen LogP contribution < -0.4 is 0 Å². The summed E-state index contributed by atoms with van der Waals surface area (Å²) in [5, 5.41) is 0. The molecule has 0 nitrogen and oxygen atoms in total. The Labute approximate surface area is 68.9 Å². The maximum Gasteiger partial charge on any atom is 0.00879 e. The molecule has 0 aliphatic rings. The van der Waals surface area contributed by atoms with Gasteiger partial charge in [-0.25, -0.2) is 0 Å². The van der Waals surface area contributed by atoms with Crippen LogP contribution in [0, 0.1) is 0 Å². The second-order valence-corrected chi connectivity index (χ2v) is 39.0. The molecule has 50 valence electrons. The minimum absolute atomic E-state index is 0.617. The molecule has 0 spiro atoms. The summed E-state index contributed by atoms with van der Waals surface area (Å²) in [6.07, 6.45) is 0. The minimum atomic E-state index is 0.617. The van der Waals surface area contributed by atoms with Crippen molar-refractivity contribution in [1.82, 2.24) is 0 Å². The van der Waals surface area contributed by atoms with E-state index in [2.05, 4.69) is 9.24 Å². The van der Waals surface area contributed by atoms with Gasteiger partial charge in [0.1, 0.15) is 0 Å². The van der Waals surface area contributed by atoms with Crippen LogP contribution in [0.2, 0.25) is 0 Å². The monoisotopic (exact) mass is 228 g/mol. The van der Waals surface area contributed by atoms with Crippen molar-refractivity contribution in [2.24, 2.45) is 0 Å². The Kier molecular flexibility index (Phi) is 8.33. The van der Waals surface area contributed by atoms with E-state index in [0.29, 0.717) is 35.2 Å². The first-order chi connectivity index (χ1) is 3.81. The Morgan fingerprint density at radius 2 is 1.50 bits per heavy atom. The third kappa shape index (κ3) is 5.86. The summed E-state index contributed by atoms with van der Waals surface area (Å²) < 4.78 is 0. The van der Waals surface area contributed by atoms with E-state index in [1.807, 2.05) is 0 Å². The molecule has 0 radical (unpaired) electrons. The molecule has 0 aliphatic heterocycles. The zero-order valence-electron chi connectivity index (χ0n) is 5.98. The van der Waals surface area contributed by atoms with E-state index in [4.69, 9.17) is 0 Å². The lowest BCUT2D eigenvalue weighted by Gasteiger charge is -2.03. The highest BCUT2D eigenvalue weighted by atomic mass is 31.0. The highest BCUT2D eigenvalue weighted by Gasteiger charge is 1.98. The maximum atomic E-state index is 3.14. The number of hydrogen-bond acceptors (Lipinski definition) is 0. The van der Waals surface area contributed by atoms with E-state index in [1.54, 1.807) is 19.5 Å². The molecule has 7 heteroatoms. The van der Waals surface area contributed by atoms with Gasteiger partial charge >= 0.3 is 0 Å². The molecule has 0 bridgehead atoms. The zero-order chi connectivity index (χ0) is 6.41. The minimum Gasteiger partial charge on any atom is -0.142 e. The van der Waals surface area contributed by atoms with E-state index >= 15 is 0 Å². The number of rotatable bonds is 4. The summed E-state index contributed by atoms with van der Waals surface area (Å²) in [5.74, 6) is 0. The lowest BCUT2D eigenvalue weighted by atomic mass is 11.8. The molecule has 0 N–H and O–H groups in total.